The van der Waals surface area contributed by atoms with Gasteiger partial charge in [0.15, 0.2) is 0 Å². The molecule has 0 saturated heterocycles. The monoisotopic (exact) mass is 303 g/mol. The molecule has 1 unspecified atom stereocenters. The van der Waals surface area contributed by atoms with Crippen LogP contribution in [0.5, 0.6) is 0 Å². The van der Waals surface area contributed by atoms with Crippen LogP contribution in [0.25, 0.3) is 0 Å². The summed E-state index contributed by atoms with van der Waals surface area (Å²) in [5, 5.41) is -0.425. The number of halogens is 2. The van der Waals surface area contributed by atoms with E-state index in [1.807, 2.05) is 31.2 Å². The maximum absolute atomic E-state index is 13.5. The van der Waals surface area contributed by atoms with Gasteiger partial charge in [0.1, 0.15) is 5.82 Å². The number of nitrogens with zero attached hydrogens (tertiary/aromatic N) is 1. The lowest BCUT2D eigenvalue weighted by molar-refractivity contribution is -0.117. The van der Waals surface area contributed by atoms with Crippen molar-refractivity contribution in [2.24, 2.45) is 0 Å². The van der Waals surface area contributed by atoms with Crippen LogP contribution in [0.1, 0.15) is 27.6 Å². The predicted molar refractivity (Wildman–Crippen MR) is 82.4 cm³/mol. The molecule has 3 rings (SSSR count). The Morgan fingerprint density at radius 2 is 1.95 bits per heavy atom. The van der Waals surface area contributed by atoms with Crippen molar-refractivity contribution in [1.82, 2.24) is 0 Å². The molecule has 0 radical (unpaired) electrons. The molecule has 0 fully saturated rings. The maximum Gasteiger partial charge on any atom is 0.231 e. The maximum atomic E-state index is 13.5. The van der Waals surface area contributed by atoms with Gasteiger partial charge in [0.25, 0.3) is 0 Å². The molecular formula is C17H15ClFNO. The van der Waals surface area contributed by atoms with Crippen molar-refractivity contribution >= 4 is 23.2 Å². The van der Waals surface area contributed by atoms with Gasteiger partial charge < -0.3 is 4.90 Å². The highest BCUT2D eigenvalue weighted by Crippen LogP contribution is 2.35. The van der Waals surface area contributed by atoms with Crippen LogP contribution in [-0.4, -0.2) is 13.0 Å². The van der Waals surface area contributed by atoms with Gasteiger partial charge in [0, 0.05) is 12.7 Å². The highest BCUT2D eigenvalue weighted by molar-refractivity contribution is 6.22. The van der Waals surface area contributed by atoms with E-state index in [0.29, 0.717) is 6.42 Å². The van der Waals surface area contributed by atoms with Crippen LogP contribution < -0.4 is 4.90 Å². The summed E-state index contributed by atoms with van der Waals surface area (Å²) < 4.78 is 13.5. The number of hydrogen-bond donors (Lipinski definition) is 0. The van der Waals surface area contributed by atoms with Crippen LogP contribution in [0.2, 0.25) is 0 Å². The molecule has 4 heteroatoms. The normalized spacial score (nSPS) is 15.2. The number of benzene rings is 2. The first-order valence-corrected chi connectivity index (χ1v) is 7.20. The van der Waals surface area contributed by atoms with Gasteiger partial charge in [-0.2, -0.15) is 0 Å². The Morgan fingerprint density at radius 3 is 2.67 bits per heavy atom. The first-order valence-electron chi connectivity index (χ1n) is 6.76. The molecule has 2 aromatic rings. The number of amides is 1. The molecule has 1 amide bonds. The summed E-state index contributed by atoms with van der Waals surface area (Å²) in [6, 6.07) is 10.5. The van der Waals surface area contributed by atoms with E-state index in [2.05, 4.69) is 0 Å². The van der Waals surface area contributed by atoms with Crippen LogP contribution in [0.4, 0.5) is 10.1 Å². The smallest absolute Gasteiger partial charge is 0.231 e. The Balaban J connectivity index is 1.98. The molecule has 1 atom stereocenters. The van der Waals surface area contributed by atoms with E-state index in [0.717, 1.165) is 27.9 Å². The van der Waals surface area contributed by atoms with Gasteiger partial charge in [-0.15, -0.1) is 11.6 Å². The van der Waals surface area contributed by atoms with Crippen LogP contribution in [0, 0.1) is 12.7 Å². The second kappa shape index (κ2) is 5.15. The summed E-state index contributed by atoms with van der Waals surface area (Å²) in [4.78, 5) is 13.4. The number of likely N-dealkylation sites (N-methyl/N-ethyl adjacent to an activating group) is 1. The topological polar surface area (TPSA) is 20.3 Å². The molecule has 0 aliphatic carbocycles. The number of hydrogen-bond acceptors (Lipinski definition) is 1. The van der Waals surface area contributed by atoms with Crippen molar-refractivity contribution in [2.45, 2.75) is 18.7 Å². The van der Waals surface area contributed by atoms with Gasteiger partial charge in [-0.1, -0.05) is 18.2 Å². The second-order valence-corrected chi connectivity index (χ2v) is 5.88. The third kappa shape index (κ3) is 2.54. The molecule has 1 aliphatic heterocycles. The Morgan fingerprint density at radius 1 is 1.19 bits per heavy atom. The third-order valence-corrected chi connectivity index (χ3v) is 4.33. The highest BCUT2D eigenvalue weighted by atomic mass is 35.5. The number of alkyl halides is 1. The predicted octanol–water partition coefficient (Wildman–Crippen LogP) is 3.98. The van der Waals surface area contributed by atoms with E-state index in [1.54, 1.807) is 11.9 Å². The first kappa shape index (κ1) is 14.1. The number of carbonyl (C=O) groups excluding carboxylic acids is 1. The first-order chi connectivity index (χ1) is 9.95. The summed E-state index contributed by atoms with van der Waals surface area (Å²) in [7, 11) is 1.77. The zero-order valence-electron chi connectivity index (χ0n) is 11.9. The Labute approximate surface area is 128 Å². The molecule has 1 aliphatic rings. The van der Waals surface area contributed by atoms with Crippen LogP contribution in [-0.2, 0) is 11.2 Å². The molecule has 2 aromatic carbocycles. The van der Waals surface area contributed by atoms with Crippen LogP contribution in [0.15, 0.2) is 36.4 Å². The van der Waals surface area contributed by atoms with Crippen molar-refractivity contribution in [2.75, 3.05) is 11.9 Å². The Hall–Kier alpha value is -1.87. The fourth-order valence-electron chi connectivity index (χ4n) is 2.75. The van der Waals surface area contributed by atoms with Crippen molar-refractivity contribution < 1.29 is 9.18 Å². The van der Waals surface area contributed by atoms with Crippen LogP contribution >= 0.6 is 11.6 Å². The van der Waals surface area contributed by atoms with Crippen molar-refractivity contribution in [3.8, 4) is 0 Å². The minimum Gasteiger partial charge on any atom is -0.315 e. The molecule has 21 heavy (non-hydrogen) atoms. The summed E-state index contributed by atoms with van der Waals surface area (Å²) in [6.45, 7) is 1.84. The fraction of sp³-hybridized carbons (Fsp3) is 0.235. The fourth-order valence-corrected chi connectivity index (χ4v) is 3.01. The van der Waals surface area contributed by atoms with Gasteiger partial charge in [-0.05, 0) is 47.4 Å². The van der Waals surface area contributed by atoms with E-state index >= 15 is 0 Å². The number of fused-ring (bicyclic) bond motifs is 1. The molecule has 2 nitrogen and oxygen atoms in total. The summed E-state index contributed by atoms with van der Waals surface area (Å²) in [5.41, 5.74) is 4.34. The van der Waals surface area contributed by atoms with Gasteiger partial charge >= 0.3 is 0 Å². The standard InChI is InChI=1S/C17H15ClFNO/c1-10-5-13(8-14(19)6-10)17(18)11-3-4-15-12(7-11)9-16(21)20(15)2/h3-8,17H,9H2,1-2H3. The minimum absolute atomic E-state index is 0.0786. The van der Waals surface area contributed by atoms with E-state index in [4.69, 9.17) is 11.6 Å². The van der Waals surface area contributed by atoms with E-state index in [9.17, 15) is 9.18 Å². The third-order valence-electron chi connectivity index (χ3n) is 3.83. The number of anilines is 1. The van der Waals surface area contributed by atoms with Gasteiger partial charge in [0.05, 0.1) is 11.8 Å². The quantitative estimate of drug-likeness (QED) is 0.768. The number of carbonyl (C=O) groups is 1. The molecule has 0 saturated carbocycles. The van der Waals surface area contributed by atoms with Crippen molar-refractivity contribution in [1.29, 1.82) is 0 Å². The van der Waals surface area contributed by atoms with Crippen molar-refractivity contribution in [3.63, 3.8) is 0 Å². The largest absolute Gasteiger partial charge is 0.315 e. The SMILES string of the molecule is Cc1cc(F)cc(C(Cl)c2ccc3c(c2)CC(=O)N3C)c1. The van der Waals surface area contributed by atoms with E-state index in [-0.39, 0.29) is 11.7 Å². The molecule has 1 heterocycles. The highest BCUT2D eigenvalue weighted by Gasteiger charge is 2.25. The zero-order chi connectivity index (χ0) is 15.1. The van der Waals surface area contributed by atoms with Crippen LogP contribution in [0.3, 0.4) is 0 Å². The molecule has 0 bridgehead atoms. The number of aryl methyl sites for hydroxylation is 1. The van der Waals surface area contributed by atoms with Crippen molar-refractivity contribution in [3.05, 3.63) is 64.5 Å². The lowest BCUT2D eigenvalue weighted by atomic mass is 9.99. The van der Waals surface area contributed by atoms with E-state index in [1.165, 1.54) is 12.1 Å². The van der Waals surface area contributed by atoms with Gasteiger partial charge in [-0.3, -0.25) is 4.79 Å². The molecule has 0 aromatic heterocycles. The average molecular weight is 304 g/mol. The molecule has 0 N–H and O–H groups in total. The Kier molecular flexibility index (Phi) is 3.46. The summed E-state index contributed by atoms with van der Waals surface area (Å²) in [6.07, 6.45) is 0.394. The minimum atomic E-state index is -0.425. The lowest BCUT2D eigenvalue weighted by Gasteiger charge is -2.14. The number of rotatable bonds is 2. The summed E-state index contributed by atoms with van der Waals surface area (Å²) in [5.74, 6) is -0.207. The molecule has 0 spiro atoms. The molecular weight excluding hydrogens is 289 g/mol. The lowest BCUT2D eigenvalue weighted by Crippen LogP contribution is -2.20. The summed E-state index contributed by atoms with van der Waals surface area (Å²) >= 11 is 6.48. The average Bonchev–Trinajstić information content (AvgIpc) is 2.71. The van der Waals surface area contributed by atoms with Gasteiger partial charge in [0.2, 0.25) is 5.91 Å². The zero-order valence-corrected chi connectivity index (χ0v) is 12.6. The van der Waals surface area contributed by atoms with E-state index < -0.39 is 5.38 Å². The Bertz CT molecular complexity index is 708. The molecule has 108 valence electrons. The second-order valence-electron chi connectivity index (χ2n) is 5.44. The van der Waals surface area contributed by atoms with Gasteiger partial charge in [-0.25, -0.2) is 4.39 Å².